The lowest BCUT2D eigenvalue weighted by atomic mass is 9.73. The molecule has 0 radical (unpaired) electrons. The number of carbonyl (C=O) groups is 1. The molecule has 3 aromatic rings. The van der Waals surface area contributed by atoms with Crippen molar-refractivity contribution in [3.05, 3.63) is 53.6 Å². The SMILES string of the molecule is CS(=O)(=O)N1CC(n2cnc3cc(OCCN4CCC5(CC4)C(=O)Nc4ccc(F)cc45)cc(C(F)(F)F)c32)C1. The number of likely N-dealkylation sites (tertiary alicyclic amines) is 1. The number of hydrogen-bond acceptors (Lipinski definition) is 6. The quantitative estimate of drug-likeness (QED) is 0.449. The molecule has 1 N–H and O–H groups in total. The van der Waals surface area contributed by atoms with E-state index in [2.05, 4.69) is 15.2 Å². The molecule has 1 amide bonds. The highest BCUT2D eigenvalue weighted by Gasteiger charge is 2.48. The van der Waals surface area contributed by atoms with E-state index >= 15 is 0 Å². The summed E-state index contributed by atoms with van der Waals surface area (Å²) in [5.74, 6) is -0.499. The zero-order valence-electron chi connectivity index (χ0n) is 21.5. The van der Waals surface area contributed by atoms with E-state index in [1.165, 1.54) is 33.4 Å². The Balaban J connectivity index is 1.12. The molecule has 3 aliphatic rings. The number of halogens is 4. The van der Waals surface area contributed by atoms with Gasteiger partial charge in [0, 0.05) is 31.4 Å². The molecule has 214 valence electrons. The largest absolute Gasteiger partial charge is 0.492 e. The summed E-state index contributed by atoms with van der Waals surface area (Å²) in [5.41, 5.74) is -0.364. The molecule has 4 heterocycles. The number of imidazole rings is 1. The number of piperidine rings is 1. The predicted molar refractivity (Wildman–Crippen MR) is 138 cm³/mol. The molecule has 2 fully saturated rings. The summed E-state index contributed by atoms with van der Waals surface area (Å²) in [6.07, 6.45) is -1.31. The average molecular weight is 582 g/mol. The fraction of sp³-hybridized carbons (Fsp3) is 0.462. The maximum absolute atomic E-state index is 14.1. The molecular formula is C26H27F4N5O4S. The summed E-state index contributed by atoms with van der Waals surface area (Å²) in [4.78, 5) is 19.0. The standard InChI is InChI=1S/C26H27F4N5O4S/c1-40(37,38)34-13-17(14-34)35-15-31-22-12-18(11-20(23(22)35)26(28,29)30)39-9-8-33-6-4-25(5-7-33)19-10-16(27)2-3-21(19)32-24(25)36/h2-3,10-12,15,17H,4-9,13-14H2,1H3,(H,32,36). The first-order valence-electron chi connectivity index (χ1n) is 12.8. The van der Waals surface area contributed by atoms with Gasteiger partial charge in [0.1, 0.15) is 18.2 Å². The second kappa shape index (κ2) is 9.42. The van der Waals surface area contributed by atoms with E-state index in [4.69, 9.17) is 4.74 Å². The number of hydrogen-bond donors (Lipinski definition) is 1. The van der Waals surface area contributed by atoms with Crippen molar-refractivity contribution in [3.8, 4) is 5.75 Å². The molecule has 14 heteroatoms. The number of nitrogens with one attached hydrogen (secondary N) is 1. The highest BCUT2D eigenvalue weighted by atomic mass is 32.2. The lowest BCUT2D eigenvalue weighted by Gasteiger charge is -2.38. The second-order valence-corrected chi connectivity index (χ2v) is 12.6. The number of rotatable bonds is 6. The van der Waals surface area contributed by atoms with Gasteiger partial charge in [0.2, 0.25) is 15.9 Å². The monoisotopic (exact) mass is 581 g/mol. The minimum Gasteiger partial charge on any atom is -0.492 e. The topological polar surface area (TPSA) is 96.8 Å². The van der Waals surface area contributed by atoms with Crippen LogP contribution in [0.3, 0.4) is 0 Å². The van der Waals surface area contributed by atoms with Gasteiger partial charge in [0.15, 0.2) is 0 Å². The van der Waals surface area contributed by atoms with Crippen molar-refractivity contribution in [1.29, 1.82) is 0 Å². The van der Waals surface area contributed by atoms with Gasteiger partial charge in [-0.25, -0.2) is 17.8 Å². The third kappa shape index (κ3) is 4.61. The number of anilines is 1. The Labute approximate surface area is 227 Å². The first kappa shape index (κ1) is 27.0. The van der Waals surface area contributed by atoms with Crippen LogP contribution in [0.5, 0.6) is 5.75 Å². The molecule has 0 unspecified atom stereocenters. The van der Waals surface area contributed by atoms with Crippen molar-refractivity contribution >= 4 is 32.7 Å². The zero-order chi connectivity index (χ0) is 28.4. The minimum absolute atomic E-state index is 0.0319. The molecule has 0 aliphatic carbocycles. The van der Waals surface area contributed by atoms with E-state index in [0.29, 0.717) is 43.7 Å². The van der Waals surface area contributed by atoms with Crippen LogP contribution >= 0.6 is 0 Å². The molecule has 0 saturated carbocycles. The van der Waals surface area contributed by atoms with Gasteiger partial charge in [0.25, 0.3) is 0 Å². The van der Waals surface area contributed by atoms with Gasteiger partial charge in [-0.05, 0) is 55.8 Å². The summed E-state index contributed by atoms with van der Waals surface area (Å²) >= 11 is 0. The molecule has 0 bridgehead atoms. The van der Waals surface area contributed by atoms with Gasteiger partial charge in [-0.3, -0.25) is 9.69 Å². The van der Waals surface area contributed by atoms with Gasteiger partial charge >= 0.3 is 6.18 Å². The van der Waals surface area contributed by atoms with Crippen LogP contribution in [0.1, 0.15) is 30.0 Å². The summed E-state index contributed by atoms with van der Waals surface area (Å²) in [6.45, 7) is 1.83. The molecule has 6 rings (SSSR count). The first-order valence-corrected chi connectivity index (χ1v) is 14.7. The van der Waals surface area contributed by atoms with Gasteiger partial charge in [-0.2, -0.15) is 17.5 Å². The lowest BCUT2D eigenvalue weighted by Crippen LogP contribution is -2.50. The number of alkyl halides is 3. The number of amides is 1. The molecule has 0 atom stereocenters. The molecule has 2 saturated heterocycles. The molecule has 40 heavy (non-hydrogen) atoms. The molecule has 1 spiro atoms. The smallest absolute Gasteiger partial charge is 0.418 e. The molecule has 2 aromatic carbocycles. The van der Waals surface area contributed by atoms with Crippen molar-refractivity contribution < 1.29 is 35.5 Å². The van der Waals surface area contributed by atoms with Crippen LogP contribution in [0.4, 0.5) is 23.2 Å². The molecular weight excluding hydrogens is 554 g/mol. The molecule has 1 aromatic heterocycles. The van der Waals surface area contributed by atoms with Crippen LogP contribution in [0.25, 0.3) is 11.0 Å². The van der Waals surface area contributed by atoms with Gasteiger partial charge < -0.3 is 14.6 Å². The van der Waals surface area contributed by atoms with Crippen LogP contribution in [0.15, 0.2) is 36.7 Å². The van der Waals surface area contributed by atoms with Crippen LogP contribution in [0.2, 0.25) is 0 Å². The zero-order valence-corrected chi connectivity index (χ0v) is 22.4. The Bertz CT molecular complexity index is 1590. The number of fused-ring (bicyclic) bond motifs is 3. The van der Waals surface area contributed by atoms with E-state index < -0.39 is 39.0 Å². The lowest BCUT2D eigenvalue weighted by molar-refractivity contribution is -0.136. The number of aromatic nitrogens is 2. The van der Waals surface area contributed by atoms with Crippen molar-refractivity contribution in [2.75, 3.05) is 50.9 Å². The highest BCUT2D eigenvalue weighted by Crippen LogP contribution is 2.45. The van der Waals surface area contributed by atoms with Gasteiger partial charge in [-0.15, -0.1) is 0 Å². The van der Waals surface area contributed by atoms with Crippen LogP contribution in [-0.4, -0.2) is 78.7 Å². The summed E-state index contributed by atoms with van der Waals surface area (Å²) in [5, 5.41) is 2.84. The Hall–Kier alpha value is -3.23. The minimum atomic E-state index is -4.67. The fourth-order valence-corrected chi connectivity index (χ4v) is 6.80. The number of benzene rings is 2. The van der Waals surface area contributed by atoms with Gasteiger partial charge in [-0.1, -0.05) is 0 Å². The van der Waals surface area contributed by atoms with Gasteiger partial charge in [0.05, 0.1) is 40.6 Å². The average Bonchev–Trinajstić information content (AvgIpc) is 3.36. The molecule has 3 aliphatic heterocycles. The Morgan fingerprint density at radius 3 is 2.55 bits per heavy atom. The third-order valence-corrected chi connectivity index (χ3v) is 9.44. The fourth-order valence-electron chi connectivity index (χ4n) is 5.92. The van der Waals surface area contributed by atoms with Crippen LogP contribution in [-0.2, 0) is 26.4 Å². The Morgan fingerprint density at radius 2 is 1.88 bits per heavy atom. The summed E-state index contributed by atoms with van der Waals surface area (Å²) in [7, 11) is -3.41. The van der Waals surface area contributed by atoms with E-state index in [-0.39, 0.29) is 42.4 Å². The van der Waals surface area contributed by atoms with Crippen LogP contribution < -0.4 is 10.1 Å². The van der Waals surface area contributed by atoms with E-state index in [9.17, 15) is 30.8 Å². The number of carbonyl (C=O) groups excluding carboxylic acids is 1. The third-order valence-electron chi connectivity index (χ3n) is 8.21. The van der Waals surface area contributed by atoms with E-state index in [0.717, 1.165) is 12.3 Å². The van der Waals surface area contributed by atoms with Crippen molar-refractivity contribution in [1.82, 2.24) is 18.8 Å². The van der Waals surface area contributed by atoms with Crippen molar-refractivity contribution in [2.45, 2.75) is 30.5 Å². The van der Waals surface area contributed by atoms with Crippen LogP contribution in [0, 0.1) is 5.82 Å². The predicted octanol–water partition coefficient (Wildman–Crippen LogP) is 3.38. The number of nitrogens with zero attached hydrogens (tertiary/aromatic N) is 4. The summed E-state index contributed by atoms with van der Waals surface area (Å²) < 4.78 is 87.8. The summed E-state index contributed by atoms with van der Waals surface area (Å²) in [6, 6.07) is 6.26. The maximum atomic E-state index is 14.1. The van der Waals surface area contributed by atoms with Crippen molar-refractivity contribution in [3.63, 3.8) is 0 Å². The normalized spacial score (nSPS) is 20.1. The Morgan fingerprint density at radius 1 is 1.15 bits per heavy atom. The van der Waals surface area contributed by atoms with E-state index in [1.807, 2.05) is 0 Å². The van der Waals surface area contributed by atoms with Crippen molar-refractivity contribution in [2.24, 2.45) is 0 Å². The number of ether oxygens (including phenoxy) is 1. The maximum Gasteiger partial charge on any atom is 0.418 e. The second-order valence-electron chi connectivity index (χ2n) is 10.6. The first-order chi connectivity index (χ1) is 18.8. The number of sulfonamides is 1. The molecule has 9 nitrogen and oxygen atoms in total. The Kier molecular flexibility index (Phi) is 6.35. The highest BCUT2D eigenvalue weighted by molar-refractivity contribution is 7.88. The van der Waals surface area contributed by atoms with E-state index in [1.54, 1.807) is 6.07 Å².